The van der Waals surface area contributed by atoms with E-state index in [4.69, 9.17) is 16.7 Å². The molecule has 2 rings (SSSR count). The van der Waals surface area contributed by atoms with Crippen LogP contribution in [0.3, 0.4) is 0 Å². The fourth-order valence-electron chi connectivity index (χ4n) is 1.70. The van der Waals surface area contributed by atoms with E-state index < -0.39 is 10.0 Å². The molecule has 0 aliphatic heterocycles. The Hall–Kier alpha value is -1.40. The van der Waals surface area contributed by atoms with Gasteiger partial charge in [0.2, 0.25) is 10.0 Å². The molecule has 20 heavy (non-hydrogen) atoms. The normalized spacial score (nSPS) is 11.5. The van der Waals surface area contributed by atoms with Crippen molar-refractivity contribution in [2.24, 2.45) is 0 Å². The third-order valence-corrected chi connectivity index (χ3v) is 4.66. The van der Waals surface area contributed by atoms with Gasteiger partial charge in [0, 0.05) is 6.54 Å². The molecule has 2 aromatic carbocycles. The summed E-state index contributed by atoms with van der Waals surface area (Å²) < 4.78 is 26.9. The zero-order valence-electron chi connectivity index (χ0n) is 10.6. The van der Waals surface area contributed by atoms with Gasteiger partial charge in [0.25, 0.3) is 0 Å². The second kappa shape index (κ2) is 6.37. The van der Waals surface area contributed by atoms with Gasteiger partial charge in [-0.1, -0.05) is 48.0 Å². The third kappa shape index (κ3) is 3.58. The minimum absolute atomic E-state index is 0.0263. The molecule has 2 N–H and O–H groups in total. The highest BCUT2D eigenvalue weighted by Gasteiger charge is 2.18. The van der Waals surface area contributed by atoms with E-state index >= 15 is 0 Å². The van der Waals surface area contributed by atoms with Gasteiger partial charge in [-0.25, -0.2) is 13.1 Å². The number of hydrogen-bond acceptors (Lipinski definition) is 3. The van der Waals surface area contributed by atoms with Crippen molar-refractivity contribution in [2.75, 3.05) is 0 Å². The molecule has 0 fully saturated rings. The predicted molar refractivity (Wildman–Crippen MR) is 77.8 cm³/mol. The molecule has 0 aromatic heterocycles. The minimum atomic E-state index is -3.71. The number of hydrogen-bond donors (Lipinski definition) is 2. The van der Waals surface area contributed by atoms with E-state index in [-0.39, 0.29) is 23.1 Å². The highest BCUT2D eigenvalue weighted by Crippen LogP contribution is 2.22. The maximum Gasteiger partial charge on any atom is 0.242 e. The summed E-state index contributed by atoms with van der Waals surface area (Å²) in [4.78, 5) is -0.0263. The van der Waals surface area contributed by atoms with Gasteiger partial charge < -0.3 is 5.11 Å². The molecule has 0 radical (unpaired) electrons. The molecule has 0 spiro atoms. The van der Waals surface area contributed by atoms with Crippen molar-refractivity contribution in [3.05, 3.63) is 64.7 Å². The predicted octanol–water partition coefficient (Wildman–Crippen LogP) is 2.31. The highest BCUT2D eigenvalue weighted by molar-refractivity contribution is 7.89. The first-order chi connectivity index (χ1) is 9.53. The molecule has 0 saturated carbocycles. The fourth-order valence-corrected chi connectivity index (χ4v) is 3.27. The summed E-state index contributed by atoms with van der Waals surface area (Å²) >= 11 is 5.92. The first-order valence-corrected chi connectivity index (χ1v) is 7.82. The SMILES string of the molecule is O=S(=O)(NCc1ccccc1)c1cc(CO)ccc1Cl. The Morgan fingerprint density at radius 1 is 1.05 bits per heavy atom. The zero-order chi connectivity index (χ0) is 14.6. The summed E-state index contributed by atoms with van der Waals surface area (Å²) in [6, 6.07) is 13.6. The van der Waals surface area contributed by atoms with Crippen molar-refractivity contribution in [3.8, 4) is 0 Å². The molecule has 4 nitrogen and oxygen atoms in total. The molecular weight excluding hydrogens is 298 g/mol. The monoisotopic (exact) mass is 311 g/mol. The van der Waals surface area contributed by atoms with Crippen LogP contribution in [0.5, 0.6) is 0 Å². The van der Waals surface area contributed by atoms with Gasteiger partial charge in [0.05, 0.1) is 11.6 Å². The summed E-state index contributed by atoms with van der Waals surface area (Å²) in [6.07, 6.45) is 0. The number of aliphatic hydroxyl groups excluding tert-OH is 1. The first-order valence-electron chi connectivity index (χ1n) is 5.96. The van der Waals surface area contributed by atoms with E-state index in [0.29, 0.717) is 5.56 Å². The molecular formula is C14H14ClNO3S. The van der Waals surface area contributed by atoms with Crippen LogP contribution >= 0.6 is 11.6 Å². The van der Waals surface area contributed by atoms with Gasteiger partial charge in [0.15, 0.2) is 0 Å². The molecule has 0 heterocycles. The Labute approximate surface area is 123 Å². The van der Waals surface area contributed by atoms with E-state index in [0.717, 1.165) is 5.56 Å². The maximum absolute atomic E-state index is 12.2. The van der Waals surface area contributed by atoms with E-state index in [1.165, 1.54) is 12.1 Å². The quantitative estimate of drug-likeness (QED) is 0.890. The lowest BCUT2D eigenvalue weighted by molar-refractivity contribution is 0.281. The summed E-state index contributed by atoms with van der Waals surface area (Å²) in [6.45, 7) is -0.0543. The first kappa shape index (κ1) is 15.0. The van der Waals surface area contributed by atoms with E-state index in [9.17, 15) is 8.42 Å². The van der Waals surface area contributed by atoms with Crippen molar-refractivity contribution in [3.63, 3.8) is 0 Å². The maximum atomic E-state index is 12.2. The molecule has 0 saturated heterocycles. The molecule has 0 atom stereocenters. The number of benzene rings is 2. The Bertz CT molecular complexity index is 687. The fraction of sp³-hybridized carbons (Fsp3) is 0.143. The average Bonchev–Trinajstić information content (AvgIpc) is 2.47. The number of sulfonamides is 1. The molecule has 0 bridgehead atoms. The van der Waals surface area contributed by atoms with Gasteiger partial charge in [-0.15, -0.1) is 0 Å². The van der Waals surface area contributed by atoms with Crippen LogP contribution < -0.4 is 4.72 Å². The lowest BCUT2D eigenvalue weighted by Gasteiger charge is -2.09. The Morgan fingerprint density at radius 3 is 2.40 bits per heavy atom. The molecule has 106 valence electrons. The molecule has 2 aromatic rings. The van der Waals surface area contributed by atoms with Crippen LogP contribution in [-0.2, 0) is 23.2 Å². The lowest BCUT2D eigenvalue weighted by atomic mass is 10.2. The van der Waals surface area contributed by atoms with E-state index in [1.54, 1.807) is 6.07 Å². The van der Waals surface area contributed by atoms with Crippen LogP contribution in [0.25, 0.3) is 0 Å². The Balaban J connectivity index is 2.22. The third-order valence-electron chi connectivity index (χ3n) is 2.78. The van der Waals surface area contributed by atoms with Gasteiger partial charge >= 0.3 is 0 Å². The van der Waals surface area contributed by atoms with Gasteiger partial charge in [-0.05, 0) is 23.3 Å². The van der Waals surface area contributed by atoms with Crippen LogP contribution in [-0.4, -0.2) is 13.5 Å². The Kier molecular flexibility index (Phi) is 4.77. The van der Waals surface area contributed by atoms with Gasteiger partial charge in [-0.3, -0.25) is 0 Å². The second-order valence-electron chi connectivity index (χ2n) is 4.23. The van der Waals surface area contributed by atoms with Crippen molar-refractivity contribution >= 4 is 21.6 Å². The standard InChI is InChI=1S/C14H14ClNO3S/c15-13-7-6-12(10-17)8-14(13)20(18,19)16-9-11-4-2-1-3-5-11/h1-8,16-17H,9-10H2. The summed E-state index contributed by atoms with van der Waals surface area (Å²) in [5, 5.41) is 9.20. The van der Waals surface area contributed by atoms with Gasteiger partial charge in [-0.2, -0.15) is 0 Å². The number of rotatable bonds is 5. The van der Waals surface area contributed by atoms with Crippen molar-refractivity contribution in [1.82, 2.24) is 4.72 Å². The number of halogens is 1. The van der Waals surface area contributed by atoms with Crippen LogP contribution in [0.1, 0.15) is 11.1 Å². The summed E-state index contributed by atoms with van der Waals surface area (Å²) in [5.41, 5.74) is 1.35. The second-order valence-corrected chi connectivity index (χ2v) is 6.38. The zero-order valence-corrected chi connectivity index (χ0v) is 12.2. The van der Waals surface area contributed by atoms with Crippen LogP contribution in [0.15, 0.2) is 53.4 Å². The molecule has 0 aliphatic carbocycles. The van der Waals surface area contributed by atoms with Gasteiger partial charge in [0.1, 0.15) is 4.90 Å². The van der Waals surface area contributed by atoms with Crippen molar-refractivity contribution < 1.29 is 13.5 Å². The van der Waals surface area contributed by atoms with E-state index in [1.807, 2.05) is 30.3 Å². The molecule has 0 amide bonds. The van der Waals surface area contributed by atoms with E-state index in [2.05, 4.69) is 4.72 Å². The summed E-state index contributed by atoms with van der Waals surface area (Å²) in [7, 11) is -3.71. The minimum Gasteiger partial charge on any atom is -0.392 e. The highest BCUT2D eigenvalue weighted by atomic mass is 35.5. The lowest BCUT2D eigenvalue weighted by Crippen LogP contribution is -2.23. The number of aliphatic hydroxyl groups is 1. The van der Waals surface area contributed by atoms with Crippen LogP contribution in [0.4, 0.5) is 0 Å². The Morgan fingerprint density at radius 2 is 1.75 bits per heavy atom. The largest absolute Gasteiger partial charge is 0.392 e. The summed E-state index contributed by atoms with van der Waals surface area (Å²) in [5.74, 6) is 0. The topological polar surface area (TPSA) is 66.4 Å². The van der Waals surface area contributed by atoms with Crippen LogP contribution in [0.2, 0.25) is 5.02 Å². The van der Waals surface area contributed by atoms with Crippen molar-refractivity contribution in [2.45, 2.75) is 18.0 Å². The number of nitrogens with one attached hydrogen (secondary N) is 1. The van der Waals surface area contributed by atoms with Crippen LogP contribution in [0, 0.1) is 0 Å². The van der Waals surface area contributed by atoms with Crippen molar-refractivity contribution in [1.29, 1.82) is 0 Å². The average molecular weight is 312 g/mol. The molecule has 6 heteroatoms. The smallest absolute Gasteiger partial charge is 0.242 e. The molecule has 0 unspecified atom stereocenters. The molecule has 0 aliphatic rings.